The van der Waals surface area contributed by atoms with Crippen LogP contribution in [0.3, 0.4) is 0 Å². The van der Waals surface area contributed by atoms with E-state index in [1.165, 1.54) is 6.07 Å². The van der Waals surface area contributed by atoms with Crippen LogP contribution in [0.15, 0.2) is 47.3 Å². The minimum atomic E-state index is -4.66. The van der Waals surface area contributed by atoms with Crippen LogP contribution in [0.5, 0.6) is 5.75 Å². The number of ether oxygens (including phenoxy) is 1. The van der Waals surface area contributed by atoms with Gasteiger partial charge in [0.15, 0.2) is 0 Å². The molecule has 1 aliphatic heterocycles. The average molecular weight is 489 g/mol. The molecule has 0 radical (unpaired) electrons. The molecule has 2 aliphatic rings. The van der Waals surface area contributed by atoms with Gasteiger partial charge in [0.05, 0.1) is 22.8 Å². The van der Waals surface area contributed by atoms with Crippen LogP contribution in [0.2, 0.25) is 0 Å². The molecule has 10 heteroatoms. The topological polar surface area (TPSA) is 75.8 Å². The van der Waals surface area contributed by atoms with E-state index in [1.54, 1.807) is 4.90 Å². The van der Waals surface area contributed by atoms with Crippen LogP contribution in [-0.4, -0.2) is 41.8 Å². The first kappa shape index (κ1) is 25.0. The smallest absolute Gasteiger partial charge is 0.417 e. The van der Waals surface area contributed by atoms with E-state index in [9.17, 15) is 22.4 Å². The quantitative estimate of drug-likeness (QED) is 0.371. The Bertz CT molecular complexity index is 979. The number of halogens is 5. The molecule has 33 heavy (non-hydrogen) atoms. The van der Waals surface area contributed by atoms with Crippen LogP contribution in [0.4, 0.5) is 17.6 Å². The van der Waals surface area contributed by atoms with Crippen LogP contribution in [0.25, 0.3) is 0 Å². The molecule has 0 aromatic heterocycles. The number of benzene rings is 1. The maximum atomic E-state index is 14.2. The number of nitrogens with zero attached hydrogens (tertiary/aromatic N) is 1. The Morgan fingerprint density at radius 2 is 1.91 bits per heavy atom. The third kappa shape index (κ3) is 6.22. The normalized spacial score (nSPS) is 18.4. The summed E-state index contributed by atoms with van der Waals surface area (Å²) in [6.45, 7) is 4.99. The first-order valence-electron chi connectivity index (χ1n) is 10.5. The third-order valence-corrected chi connectivity index (χ3v) is 6.19. The number of carboxylic acid groups (broad SMARTS) is 1. The molecule has 0 atom stereocenters. The van der Waals surface area contributed by atoms with Gasteiger partial charge < -0.3 is 20.5 Å². The molecule has 0 spiro atoms. The molecule has 180 valence electrons. The van der Waals surface area contributed by atoms with Crippen molar-refractivity contribution >= 4 is 17.6 Å². The Kier molecular flexibility index (Phi) is 7.62. The second-order valence-electron chi connectivity index (χ2n) is 8.25. The van der Waals surface area contributed by atoms with Crippen molar-refractivity contribution in [3.05, 3.63) is 64.2 Å². The summed E-state index contributed by atoms with van der Waals surface area (Å²) in [6, 6.07) is 2.48. The Morgan fingerprint density at radius 1 is 1.27 bits per heavy atom. The van der Waals surface area contributed by atoms with Crippen LogP contribution >= 0.6 is 11.6 Å². The number of allylic oxidation sites excluding steroid dienone is 3. The highest BCUT2D eigenvalue weighted by Crippen LogP contribution is 2.45. The molecular weight excluding hydrogens is 464 g/mol. The lowest BCUT2D eigenvalue weighted by Gasteiger charge is -2.34. The van der Waals surface area contributed by atoms with E-state index in [1.807, 2.05) is 0 Å². The fourth-order valence-electron chi connectivity index (χ4n) is 3.80. The fourth-order valence-corrected chi connectivity index (χ4v) is 3.96. The molecular formula is C23H25ClF4N2O3. The van der Waals surface area contributed by atoms with Crippen LogP contribution in [-0.2, 0) is 0 Å². The van der Waals surface area contributed by atoms with Crippen molar-refractivity contribution < 1.29 is 32.2 Å². The van der Waals surface area contributed by atoms with Crippen molar-refractivity contribution in [3.63, 3.8) is 0 Å². The SMILES string of the molecule is C=C(/C=C(\C(Cl)=C/N)C(F)(F)F)N1CCC(COc2cc(F)c(C(=O)O)cc2C2CC2)CC1. The number of hydrogen-bond acceptors (Lipinski definition) is 4. The van der Waals surface area contributed by atoms with Crippen LogP contribution in [0, 0.1) is 11.7 Å². The number of carbonyl (C=O) groups is 1. The highest BCUT2D eigenvalue weighted by atomic mass is 35.5. The van der Waals surface area contributed by atoms with Gasteiger partial charge in [-0.1, -0.05) is 18.2 Å². The van der Waals surface area contributed by atoms with E-state index in [4.69, 9.17) is 27.2 Å². The van der Waals surface area contributed by atoms with Crippen LogP contribution in [0.1, 0.15) is 47.5 Å². The van der Waals surface area contributed by atoms with Gasteiger partial charge >= 0.3 is 12.1 Å². The Balaban J connectivity index is 1.60. The van der Waals surface area contributed by atoms with Gasteiger partial charge in [0.1, 0.15) is 11.6 Å². The van der Waals surface area contributed by atoms with Gasteiger partial charge in [0, 0.05) is 31.1 Å². The summed E-state index contributed by atoms with van der Waals surface area (Å²) in [6.07, 6.45) is 0.00635. The van der Waals surface area contributed by atoms with E-state index < -0.39 is 28.6 Å². The van der Waals surface area contributed by atoms with Crippen LogP contribution < -0.4 is 10.5 Å². The molecule has 1 heterocycles. The second-order valence-corrected chi connectivity index (χ2v) is 8.66. The van der Waals surface area contributed by atoms with Crippen molar-refractivity contribution in [2.24, 2.45) is 11.7 Å². The summed E-state index contributed by atoms with van der Waals surface area (Å²) >= 11 is 5.61. The molecule has 1 saturated carbocycles. The highest BCUT2D eigenvalue weighted by molar-refractivity contribution is 6.32. The molecule has 1 aliphatic carbocycles. The number of aromatic carboxylic acids is 1. The minimum absolute atomic E-state index is 0.113. The molecule has 1 saturated heterocycles. The molecule has 5 nitrogen and oxygen atoms in total. The van der Waals surface area contributed by atoms with Gasteiger partial charge in [0.25, 0.3) is 0 Å². The van der Waals surface area contributed by atoms with Gasteiger partial charge in [-0.15, -0.1) is 0 Å². The summed E-state index contributed by atoms with van der Waals surface area (Å²) < 4.78 is 59.7. The van der Waals surface area contributed by atoms with Gasteiger partial charge in [-0.25, -0.2) is 9.18 Å². The first-order valence-corrected chi connectivity index (χ1v) is 10.9. The van der Waals surface area contributed by atoms with E-state index in [0.717, 1.165) is 25.0 Å². The second kappa shape index (κ2) is 10.1. The monoisotopic (exact) mass is 488 g/mol. The number of rotatable bonds is 8. The number of piperidine rings is 1. The molecule has 3 rings (SSSR count). The van der Waals surface area contributed by atoms with Gasteiger partial charge in [0.2, 0.25) is 0 Å². The lowest BCUT2D eigenvalue weighted by Crippen LogP contribution is -2.34. The van der Waals surface area contributed by atoms with Crippen molar-refractivity contribution in [3.8, 4) is 5.75 Å². The van der Waals surface area contributed by atoms with Crippen molar-refractivity contribution in [1.82, 2.24) is 4.90 Å². The average Bonchev–Trinajstić information content (AvgIpc) is 3.60. The molecule has 2 fully saturated rings. The summed E-state index contributed by atoms with van der Waals surface area (Å²) in [5.74, 6) is -1.52. The molecule has 1 aromatic rings. The van der Waals surface area contributed by atoms with Crippen molar-refractivity contribution in [2.45, 2.75) is 37.8 Å². The molecule has 1 aromatic carbocycles. The zero-order valence-corrected chi connectivity index (χ0v) is 18.6. The minimum Gasteiger partial charge on any atom is -0.493 e. The summed E-state index contributed by atoms with van der Waals surface area (Å²) in [7, 11) is 0. The predicted octanol–water partition coefficient (Wildman–Crippen LogP) is 5.53. The number of hydrogen-bond donors (Lipinski definition) is 2. The van der Waals surface area contributed by atoms with Crippen molar-refractivity contribution in [1.29, 1.82) is 0 Å². The maximum absolute atomic E-state index is 14.2. The zero-order chi connectivity index (χ0) is 24.3. The number of carboxylic acids is 1. The zero-order valence-electron chi connectivity index (χ0n) is 17.8. The Morgan fingerprint density at radius 3 is 2.42 bits per heavy atom. The summed E-state index contributed by atoms with van der Waals surface area (Å²) in [4.78, 5) is 13.0. The van der Waals surface area contributed by atoms with Gasteiger partial charge in [-0.05, 0) is 55.2 Å². The highest BCUT2D eigenvalue weighted by Gasteiger charge is 2.36. The van der Waals surface area contributed by atoms with Crippen molar-refractivity contribution in [2.75, 3.05) is 19.7 Å². The Labute approximate surface area is 194 Å². The first-order chi connectivity index (χ1) is 15.5. The predicted molar refractivity (Wildman–Crippen MR) is 117 cm³/mol. The Hall–Kier alpha value is -2.68. The maximum Gasteiger partial charge on any atom is 0.417 e. The standard InChI is InChI=1S/C23H25ClF4N2O3/c1-13(8-18(19(24)11-29)23(26,27)28)30-6-4-14(5-7-30)12-33-21-10-20(25)17(22(31)32)9-16(21)15-2-3-15/h8-11,14-15H,1-7,12,29H2,(H,31,32)/b18-8+,19-11+. The lowest BCUT2D eigenvalue weighted by atomic mass is 9.97. The van der Waals surface area contributed by atoms with Gasteiger partial charge in [-0.2, -0.15) is 13.2 Å². The largest absolute Gasteiger partial charge is 0.493 e. The van der Waals surface area contributed by atoms with E-state index in [2.05, 4.69) is 6.58 Å². The van der Waals surface area contributed by atoms with E-state index in [-0.39, 0.29) is 23.1 Å². The number of alkyl halides is 3. The van der Waals surface area contributed by atoms with E-state index in [0.29, 0.717) is 50.1 Å². The molecule has 0 unspecified atom stereocenters. The fraction of sp³-hybridized carbons (Fsp3) is 0.435. The number of nitrogens with two attached hydrogens (primary N) is 1. The van der Waals surface area contributed by atoms with Gasteiger partial charge in [-0.3, -0.25) is 0 Å². The summed E-state index contributed by atoms with van der Waals surface area (Å²) in [5.41, 5.74) is 4.61. The summed E-state index contributed by atoms with van der Waals surface area (Å²) in [5, 5.41) is 8.56. The third-order valence-electron chi connectivity index (χ3n) is 5.86. The molecule has 3 N–H and O–H groups in total. The molecule has 0 amide bonds. The number of likely N-dealkylation sites (tertiary alicyclic amines) is 1. The van der Waals surface area contributed by atoms with E-state index >= 15 is 0 Å². The lowest BCUT2D eigenvalue weighted by molar-refractivity contribution is -0.0888. The molecule has 0 bridgehead atoms.